The van der Waals surface area contributed by atoms with Crippen LogP contribution in [-0.2, 0) is 32.7 Å². The van der Waals surface area contributed by atoms with Crippen LogP contribution < -0.4 is 0 Å². The zero-order valence-corrected chi connectivity index (χ0v) is 38.5. The Morgan fingerprint density at radius 2 is 0.804 bits per heavy atom. The molecule has 0 heterocycles. The molecule has 0 aromatic carbocycles. The Labute approximate surface area is 346 Å². The highest BCUT2D eigenvalue weighted by atomic mass is 31.2. The molecule has 334 valence electrons. The van der Waals surface area contributed by atoms with Crippen molar-refractivity contribution in [1.29, 1.82) is 0 Å². The zero-order chi connectivity index (χ0) is 41.4. The van der Waals surface area contributed by atoms with Crippen LogP contribution in [0.25, 0.3) is 0 Å². The number of unbranched alkanes of at least 4 members (excludes halogenated alkanes) is 30. The summed E-state index contributed by atoms with van der Waals surface area (Å²) in [5.74, 6) is -0.781. The molecule has 0 rings (SSSR count). The summed E-state index contributed by atoms with van der Waals surface area (Å²) in [4.78, 5) is 35.4. The fourth-order valence-corrected chi connectivity index (χ4v) is 7.64. The summed E-state index contributed by atoms with van der Waals surface area (Å²) in [6, 6.07) is 0. The van der Waals surface area contributed by atoms with Crippen LogP contribution in [0.5, 0.6) is 0 Å². The van der Waals surface area contributed by atoms with E-state index in [0.717, 1.165) is 38.5 Å². The van der Waals surface area contributed by atoms with E-state index in [-0.39, 0.29) is 25.6 Å². The van der Waals surface area contributed by atoms with E-state index in [1.807, 2.05) is 21.1 Å². The van der Waals surface area contributed by atoms with Gasteiger partial charge in [0.25, 0.3) is 0 Å². The minimum Gasteiger partial charge on any atom is -0.462 e. The summed E-state index contributed by atoms with van der Waals surface area (Å²) in [6.45, 7) is 4.47. The lowest BCUT2D eigenvalue weighted by atomic mass is 10.0. The zero-order valence-electron chi connectivity index (χ0n) is 37.6. The molecule has 9 nitrogen and oxygen atoms in total. The average Bonchev–Trinajstić information content (AvgIpc) is 3.15. The van der Waals surface area contributed by atoms with E-state index in [0.29, 0.717) is 17.4 Å². The van der Waals surface area contributed by atoms with Gasteiger partial charge < -0.3 is 18.9 Å². The molecule has 0 aliphatic carbocycles. The lowest BCUT2D eigenvalue weighted by molar-refractivity contribution is -0.870. The monoisotopic (exact) mass is 819 g/mol. The number of phosphoric ester groups is 1. The molecule has 1 unspecified atom stereocenters. The van der Waals surface area contributed by atoms with Gasteiger partial charge in [0.1, 0.15) is 19.8 Å². The molecular weight excluding hydrogens is 725 g/mol. The van der Waals surface area contributed by atoms with E-state index in [1.165, 1.54) is 167 Å². The van der Waals surface area contributed by atoms with E-state index < -0.39 is 26.5 Å². The maximum absolute atomic E-state index is 12.7. The van der Waals surface area contributed by atoms with Crippen LogP contribution in [-0.4, -0.2) is 74.9 Å². The molecule has 1 N–H and O–H groups in total. The fourth-order valence-electron chi connectivity index (χ4n) is 6.90. The summed E-state index contributed by atoms with van der Waals surface area (Å²) >= 11 is 0. The molecule has 0 saturated carbocycles. The summed E-state index contributed by atoms with van der Waals surface area (Å²) in [7, 11) is 1.49. The molecule has 0 aliphatic heterocycles. The summed E-state index contributed by atoms with van der Waals surface area (Å²) < 4.78 is 34.4. The highest BCUT2D eigenvalue weighted by Crippen LogP contribution is 2.43. The summed E-state index contributed by atoms with van der Waals surface area (Å²) in [5, 5.41) is 0. The van der Waals surface area contributed by atoms with Gasteiger partial charge in [-0.05, 0) is 12.8 Å². The van der Waals surface area contributed by atoms with E-state index >= 15 is 0 Å². The smallest absolute Gasteiger partial charge is 0.462 e. The molecule has 10 heteroatoms. The second-order valence-electron chi connectivity index (χ2n) is 17.5. The number of phosphoric acid groups is 1. The quantitative estimate of drug-likeness (QED) is 0.0280. The Morgan fingerprint density at radius 1 is 0.482 bits per heavy atom. The normalized spacial score (nSPS) is 13.5. The number of nitrogens with zero attached hydrogens (tertiary/aromatic N) is 1. The molecule has 0 fully saturated rings. The van der Waals surface area contributed by atoms with Crippen LogP contribution in [0.3, 0.4) is 0 Å². The molecule has 0 aromatic heterocycles. The number of rotatable bonds is 44. The SMILES string of the molecule is CCCCCCCCCCCCCCCCCCCCC(=O)OC[C@H](COP(=O)(O)OCC[N+](C)(C)C)OC(=O)CCCCCCCCCCCCCCCC. The van der Waals surface area contributed by atoms with Crippen molar-refractivity contribution < 1.29 is 42.1 Å². The third kappa shape index (κ3) is 42.6. The van der Waals surface area contributed by atoms with E-state index in [4.69, 9.17) is 18.5 Å². The van der Waals surface area contributed by atoms with Crippen molar-refractivity contribution in [2.75, 3.05) is 47.5 Å². The van der Waals surface area contributed by atoms with Gasteiger partial charge in [-0.3, -0.25) is 18.6 Å². The van der Waals surface area contributed by atoms with Crippen LogP contribution in [0.4, 0.5) is 0 Å². The standard InChI is InChI=1S/C46H92NO8P/c1-6-8-10-12-14-16-18-20-22-23-24-25-27-28-30-32-34-36-38-45(48)52-42-44(43-54-56(50,51)53-41-40-47(3,4)5)55-46(49)39-37-35-33-31-29-26-21-19-17-15-13-11-9-7-2/h44H,6-43H2,1-5H3/p+1/t44-/m1/s1. The van der Waals surface area contributed by atoms with Gasteiger partial charge >= 0.3 is 19.8 Å². The van der Waals surface area contributed by atoms with Gasteiger partial charge in [-0.15, -0.1) is 0 Å². The van der Waals surface area contributed by atoms with Gasteiger partial charge in [-0.1, -0.05) is 206 Å². The van der Waals surface area contributed by atoms with Crippen molar-refractivity contribution in [2.24, 2.45) is 0 Å². The van der Waals surface area contributed by atoms with E-state index in [2.05, 4.69) is 13.8 Å². The van der Waals surface area contributed by atoms with Crippen LogP contribution >= 0.6 is 7.82 Å². The Balaban J connectivity index is 4.24. The molecule has 2 atom stereocenters. The molecule has 0 aliphatic rings. The lowest BCUT2D eigenvalue weighted by Crippen LogP contribution is -2.37. The van der Waals surface area contributed by atoms with E-state index in [9.17, 15) is 19.0 Å². The largest absolute Gasteiger partial charge is 0.472 e. The van der Waals surface area contributed by atoms with Crippen molar-refractivity contribution in [3.05, 3.63) is 0 Å². The molecule has 0 spiro atoms. The second kappa shape index (κ2) is 39.5. The van der Waals surface area contributed by atoms with Crippen molar-refractivity contribution in [3.8, 4) is 0 Å². The minimum absolute atomic E-state index is 0.0369. The third-order valence-electron chi connectivity index (χ3n) is 10.6. The first-order chi connectivity index (χ1) is 27.0. The number of likely N-dealkylation sites (N-methyl/N-ethyl adjacent to an activating group) is 1. The van der Waals surface area contributed by atoms with E-state index in [1.54, 1.807) is 0 Å². The first kappa shape index (κ1) is 55.0. The Bertz CT molecular complexity index is 927. The van der Waals surface area contributed by atoms with Crippen LogP contribution in [0.1, 0.15) is 232 Å². The molecule has 56 heavy (non-hydrogen) atoms. The van der Waals surface area contributed by atoms with Gasteiger partial charge in [0.05, 0.1) is 27.7 Å². The van der Waals surface area contributed by atoms with Crippen molar-refractivity contribution in [1.82, 2.24) is 0 Å². The highest BCUT2D eigenvalue weighted by molar-refractivity contribution is 7.47. The molecule has 0 aromatic rings. The number of carbonyl (C=O) groups excluding carboxylic acids is 2. The van der Waals surface area contributed by atoms with Crippen molar-refractivity contribution in [2.45, 2.75) is 238 Å². The summed E-state index contributed by atoms with van der Waals surface area (Å²) in [6.07, 6.45) is 40.0. The predicted molar refractivity (Wildman–Crippen MR) is 234 cm³/mol. The van der Waals surface area contributed by atoms with Crippen molar-refractivity contribution >= 4 is 19.8 Å². The number of quaternary nitrogens is 1. The van der Waals surface area contributed by atoms with Crippen molar-refractivity contribution in [3.63, 3.8) is 0 Å². The minimum atomic E-state index is -4.37. The van der Waals surface area contributed by atoms with Gasteiger partial charge in [0.15, 0.2) is 6.10 Å². The topological polar surface area (TPSA) is 108 Å². The summed E-state index contributed by atoms with van der Waals surface area (Å²) in [5.41, 5.74) is 0. The number of hydrogen-bond acceptors (Lipinski definition) is 7. The second-order valence-corrected chi connectivity index (χ2v) is 19.0. The number of hydrogen-bond donors (Lipinski definition) is 1. The van der Waals surface area contributed by atoms with Gasteiger partial charge in [-0.2, -0.15) is 0 Å². The Kier molecular flexibility index (Phi) is 38.8. The number of ether oxygens (including phenoxy) is 2. The van der Waals surface area contributed by atoms with Gasteiger partial charge in [-0.25, -0.2) is 4.57 Å². The van der Waals surface area contributed by atoms with Crippen LogP contribution in [0.15, 0.2) is 0 Å². The molecule has 0 bridgehead atoms. The predicted octanol–water partition coefficient (Wildman–Crippen LogP) is 13.6. The Hall–Kier alpha value is -0.990. The van der Waals surface area contributed by atoms with Crippen LogP contribution in [0, 0.1) is 0 Å². The average molecular weight is 819 g/mol. The first-order valence-electron chi connectivity index (χ1n) is 23.8. The fraction of sp³-hybridized carbons (Fsp3) is 0.957. The molecular formula is C46H93NO8P+. The highest BCUT2D eigenvalue weighted by Gasteiger charge is 2.27. The molecule has 0 saturated heterocycles. The maximum atomic E-state index is 12.7. The maximum Gasteiger partial charge on any atom is 0.472 e. The van der Waals surface area contributed by atoms with Crippen LogP contribution in [0.2, 0.25) is 0 Å². The number of carbonyl (C=O) groups is 2. The third-order valence-corrected chi connectivity index (χ3v) is 11.6. The molecule has 0 radical (unpaired) electrons. The number of esters is 2. The Morgan fingerprint density at radius 3 is 1.14 bits per heavy atom. The first-order valence-corrected chi connectivity index (χ1v) is 25.3. The lowest BCUT2D eigenvalue weighted by Gasteiger charge is -2.24. The van der Waals surface area contributed by atoms with Gasteiger partial charge in [0, 0.05) is 12.8 Å². The molecule has 0 amide bonds. The van der Waals surface area contributed by atoms with Gasteiger partial charge in [0.2, 0.25) is 0 Å².